The molecule has 8 heteroatoms. The van der Waals surface area contributed by atoms with Crippen LogP contribution < -0.4 is 5.32 Å². The van der Waals surface area contributed by atoms with Crippen molar-refractivity contribution in [1.29, 1.82) is 0 Å². The summed E-state index contributed by atoms with van der Waals surface area (Å²) in [6, 6.07) is 1.29. The number of halogens is 2. The standard InChI is InChI=1S/C14H16FN3O3.ClH/c1-2-3-4-10(14(20)21)18-13(19)9-5-8(15)6-11-12(9)17-7-16-11;/h5-7,10H,2-4H2,1H3,(H,16,17)(H,18,19)(H,20,21);1H/t10-;/m0./s1. The van der Waals surface area contributed by atoms with Crippen LogP contribution in [0.1, 0.15) is 36.5 Å². The van der Waals surface area contributed by atoms with E-state index in [0.717, 1.165) is 12.5 Å². The second-order valence-corrected chi connectivity index (χ2v) is 4.76. The first-order valence-corrected chi connectivity index (χ1v) is 6.69. The topological polar surface area (TPSA) is 95.1 Å². The lowest BCUT2D eigenvalue weighted by atomic mass is 10.1. The molecule has 0 unspecified atom stereocenters. The molecule has 1 amide bonds. The number of carbonyl (C=O) groups excluding carboxylic acids is 1. The molecular formula is C14H17ClFN3O3. The molecule has 0 spiro atoms. The van der Waals surface area contributed by atoms with Crippen molar-refractivity contribution < 1.29 is 19.1 Å². The third-order valence-corrected chi connectivity index (χ3v) is 3.18. The van der Waals surface area contributed by atoms with Crippen LogP contribution in [0.5, 0.6) is 0 Å². The highest BCUT2D eigenvalue weighted by Crippen LogP contribution is 2.17. The highest BCUT2D eigenvalue weighted by atomic mass is 35.5. The number of hydrogen-bond donors (Lipinski definition) is 3. The maximum absolute atomic E-state index is 13.5. The van der Waals surface area contributed by atoms with Gasteiger partial charge in [0.2, 0.25) is 0 Å². The maximum Gasteiger partial charge on any atom is 0.326 e. The first-order valence-electron chi connectivity index (χ1n) is 6.69. The van der Waals surface area contributed by atoms with E-state index in [-0.39, 0.29) is 18.0 Å². The average Bonchev–Trinajstić information content (AvgIpc) is 2.89. The Morgan fingerprint density at radius 3 is 2.82 bits per heavy atom. The molecule has 22 heavy (non-hydrogen) atoms. The van der Waals surface area contributed by atoms with E-state index in [9.17, 15) is 14.0 Å². The van der Waals surface area contributed by atoms with Crippen molar-refractivity contribution in [2.45, 2.75) is 32.2 Å². The van der Waals surface area contributed by atoms with Crippen LogP contribution >= 0.6 is 12.4 Å². The highest BCUT2D eigenvalue weighted by Gasteiger charge is 2.22. The van der Waals surface area contributed by atoms with Gasteiger partial charge in [0.25, 0.3) is 5.91 Å². The molecule has 0 aliphatic carbocycles. The second-order valence-electron chi connectivity index (χ2n) is 4.76. The van der Waals surface area contributed by atoms with Crippen molar-refractivity contribution >= 4 is 35.3 Å². The number of carboxylic acid groups (broad SMARTS) is 1. The number of imidazole rings is 1. The number of H-pyrrole nitrogens is 1. The minimum Gasteiger partial charge on any atom is -0.480 e. The lowest BCUT2D eigenvalue weighted by molar-refractivity contribution is -0.139. The van der Waals surface area contributed by atoms with E-state index < -0.39 is 23.7 Å². The Morgan fingerprint density at radius 1 is 1.45 bits per heavy atom. The Labute approximate surface area is 132 Å². The van der Waals surface area contributed by atoms with Gasteiger partial charge in [0, 0.05) is 0 Å². The molecule has 0 saturated heterocycles. The minimum atomic E-state index is -1.11. The Balaban J connectivity index is 0.00000242. The molecule has 2 aromatic rings. The molecule has 1 heterocycles. The number of rotatable bonds is 6. The fraction of sp³-hybridized carbons (Fsp3) is 0.357. The van der Waals surface area contributed by atoms with Crippen LogP contribution in [0.3, 0.4) is 0 Å². The van der Waals surface area contributed by atoms with Crippen LogP contribution in [0.2, 0.25) is 0 Å². The molecule has 0 saturated carbocycles. The largest absolute Gasteiger partial charge is 0.480 e. The van der Waals surface area contributed by atoms with Gasteiger partial charge in [-0.2, -0.15) is 0 Å². The molecule has 1 aromatic heterocycles. The number of carboxylic acids is 1. The summed E-state index contributed by atoms with van der Waals surface area (Å²) in [7, 11) is 0. The second kappa shape index (κ2) is 7.74. The van der Waals surface area contributed by atoms with Crippen molar-refractivity contribution in [2.24, 2.45) is 0 Å². The summed E-state index contributed by atoms with van der Waals surface area (Å²) in [6.45, 7) is 1.93. The lowest BCUT2D eigenvalue weighted by Gasteiger charge is -2.14. The van der Waals surface area contributed by atoms with Gasteiger partial charge in [-0.25, -0.2) is 14.2 Å². The smallest absolute Gasteiger partial charge is 0.326 e. The van der Waals surface area contributed by atoms with Gasteiger partial charge in [0.15, 0.2) is 0 Å². The van der Waals surface area contributed by atoms with E-state index in [2.05, 4.69) is 15.3 Å². The molecule has 0 bridgehead atoms. The first-order chi connectivity index (χ1) is 10.0. The molecule has 1 aromatic carbocycles. The normalized spacial score (nSPS) is 11.7. The molecule has 2 rings (SSSR count). The van der Waals surface area contributed by atoms with Crippen LogP contribution in [-0.2, 0) is 4.79 Å². The summed E-state index contributed by atoms with van der Waals surface area (Å²) in [5, 5.41) is 11.5. The van der Waals surface area contributed by atoms with Gasteiger partial charge in [-0.3, -0.25) is 4.79 Å². The van der Waals surface area contributed by atoms with E-state index >= 15 is 0 Å². The van der Waals surface area contributed by atoms with E-state index in [4.69, 9.17) is 5.11 Å². The number of aromatic nitrogens is 2. The molecule has 0 radical (unpaired) electrons. The van der Waals surface area contributed by atoms with Crippen LogP contribution in [0.15, 0.2) is 18.5 Å². The van der Waals surface area contributed by atoms with Gasteiger partial charge in [-0.05, 0) is 18.6 Å². The summed E-state index contributed by atoms with van der Waals surface area (Å²) in [4.78, 5) is 30.0. The summed E-state index contributed by atoms with van der Waals surface area (Å²) >= 11 is 0. The summed E-state index contributed by atoms with van der Waals surface area (Å²) in [5.41, 5.74) is 0.725. The number of carbonyl (C=O) groups is 2. The number of aromatic amines is 1. The molecule has 6 nitrogen and oxygen atoms in total. The van der Waals surface area contributed by atoms with Crippen LogP contribution in [-0.4, -0.2) is 33.0 Å². The van der Waals surface area contributed by atoms with Crippen molar-refractivity contribution in [2.75, 3.05) is 0 Å². The van der Waals surface area contributed by atoms with Gasteiger partial charge in [-0.15, -0.1) is 12.4 Å². The molecule has 1 atom stereocenters. The van der Waals surface area contributed by atoms with E-state index in [1.165, 1.54) is 12.4 Å². The van der Waals surface area contributed by atoms with Crippen LogP contribution in [0.4, 0.5) is 4.39 Å². The highest BCUT2D eigenvalue weighted by molar-refractivity contribution is 6.05. The number of benzene rings is 1. The maximum atomic E-state index is 13.5. The van der Waals surface area contributed by atoms with Gasteiger partial charge in [0.1, 0.15) is 17.4 Å². The predicted molar refractivity (Wildman–Crippen MR) is 81.7 cm³/mol. The van der Waals surface area contributed by atoms with E-state index in [1.807, 2.05) is 6.92 Å². The monoisotopic (exact) mass is 329 g/mol. The number of hydrogen-bond acceptors (Lipinski definition) is 3. The summed E-state index contributed by atoms with van der Waals surface area (Å²) in [6.07, 6.45) is 3.19. The molecule has 0 aliphatic heterocycles. The van der Waals surface area contributed by atoms with Gasteiger partial charge < -0.3 is 15.4 Å². The number of fused-ring (bicyclic) bond motifs is 1. The fourth-order valence-corrected chi connectivity index (χ4v) is 2.09. The summed E-state index contributed by atoms with van der Waals surface area (Å²) < 4.78 is 13.5. The van der Waals surface area contributed by atoms with Crippen molar-refractivity contribution in [3.8, 4) is 0 Å². The molecule has 3 N–H and O–H groups in total. The van der Waals surface area contributed by atoms with Gasteiger partial charge in [0.05, 0.1) is 17.4 Å². The zero-order valence-corrected chi connectivity index (χ0v) is 12.7. The Hall–Kier alpha value is -2.15. The van der Waals surface area contributed by atoms with Crippen LogP contribution in [0.25, 0.3) is 11.0 Å². The van der Waals surface area contributed by atoms with Crippen LogP contribution in [0, 0.1) is 5.82 Å². The third-order valence-electron chi connectivity index (χ3n) is 3.18. The number of aliphatic carboxylic acids is 1. The predicted octanol–water partition coefficient (Wildman–Crippen LogP) is 2.50. The third kappa shape index (κ3) is 3.94. The SMILES string of the molecule is CCCC[C@H](NC(=O)c1cc(F)cc2[nH]cnc12)C(=O)O.Cl. The van der Waals surface area contributed by atoms with Crippen molar-refractivity contribution in [3.63, 3.8) is 0 Å². The number of amides is 1. The van der Waals surface area contributed by atoms with Gasteiger partial charge >= 0.3 is 5.97 Å². The average molecular weight is 330 g/mol. The van der Waals surface area contributed by atoms with E-state index in [1.54, 1.807) is 0 Å². The number of nitrogens with zero attached hydrogens (tertiary/aromatic N) is 1. The van der Waals surface area contributed by atoms with E-state index in [0.29, 0.717) is 23.9 Å². The molecule has 120 valence electrons. The molecule has 0 aliphatic rings. The Bertz CT molecular complexity index is 674. The Morgan fingerprint density at radius 2 is 2.18 bits per heavy atom. The van der Waals surface area contributed by atoms with Crippen molar-refractivity contribution in [3.05, 3.63) is 29.8 Å². The minimum absolute atomic E-state index is 0. The summed E-state index contributed by atoms with van der Waals surface area (Å²) in [5.74, 6) is -2.33. The number of unbranched alkanes of at least 4 members (excludes halogenated alkanes) is 1. The fourth-order valence-electron chi connectivity index (χ4n) is 2.09. The van der Waals surface area contributed by atoms with Crippen molar-refractivity contribution in [1.82, 2.24) is 15.3 Å². The van der Waals surface area contributed by atoms with Gasteiger partial charge in [-0.1, -0.05) is 19.8 Å². The quantitative estimate of drug-likeness (QED) is 0.758. The zero-order chi connectivity index (χ0) is 15.4. The number of nitrogens with one attached hydrogen (secondary N) is 2. The first kappa shape index (κ1) is 17.9. The lowest BCUT2D eigenvalue weighted by Crippen LogP contribution is -2.40. The molecule has 0 fully saturated rings. The Kier molecular flexibility index (Phi) is 6.30. The zero-order valence-electron chi connectivity index (χ0n) is 11.9. The molecular weight excluding hydrogens is 313 g/mol.